The van der Waals surface area contributed by atoms with Crippen LogP contribution in [0.5, 0.6) is 0 Å². The summed E-state index contributed by atoms with van der Waals surface area (Å²) in [6.45, 7) is 3.14. The highest BCUT2D eigenvalue weighted by molar-refractivity contribution is 7.89. The summed E-state index contributed by atoms with van der Waals surface area (Å²) in [6, 6.07) is 15.3. The topological polar surface area (TPSA) is 40.6 Å². The normalized spacial score (nSPS) is 14.0. The second-order valence-corrected chi connectivity index (χ2v) is 7.88. The first-order valence-corrected chi connectivity index (χ1v) is 9.58. The van der Waals surface area contributed by atoms with Crippen molar-refractivity contribution in [1.29, 1.82) is 0 Å². The van der Waals surface area contributed by atoms with Gasteiger partial charge in [-0.3, -0.25) is 0 Å². The monoisotopic (exact) mass is 342 g/mol. The Morgan fingerprint density at radius 1 is 1.04 bits per heavy atom. The Balaban J connectivity index is 2.10. The summed E-state index contributed by atoms with van der Waals surface area (Å²) in [5.74, 6) is 0. The second kappa shape index (κ2) is 6.79. The minimum absolute atomic E-state index is 0.353. The fourth-order valence-corrected chi connectivity index (χ4v) is 4.44. The van der Waals surface area contributed by atoms with Crippen LogP contribution in [-0.2, 0) is 10.0 Å². The molecule has 3 rings (SSSR count). The first-order valence-electron chi connectivity index (χ1n) is 8.14. The van der Waals surface area contributed by atoms with E-state index in [4.69, 9.17) is 0 Å². The van der Waals surface area contributed by atoms with Crippen molar-refractivity contribution in [2.45, 2.75) is 18.2 Å². The van der Waals surface area contributed by atoms with Gasteiger partial charge in [-0.25, -0.2) is 12.7 Å². The predicted molar refractivity (Wildman–Crippen MR) is 99.0 cm³/mol. The molecule has 0 aromatic heterocycles. The molecule has 2 aromatic rings. The zero-order chi connectivity index (χ0) is 17.2. The Bertz CT molecular complexity index is 859. The minimum Gasteiger partial charge on any atom is -0.336 e. The molecule has 1 aliphatic rings. The predicted octanol–water partition coefficient (Wildman–Crippen LogP) is 3.88. The van der Waals surface area contributed by atoms with E-state index in [1.54, 1.807) is 19.2 Å². The van der Waals surface area contributed by atoms with Crippen LogP contribution in [0.25, 0.3) is 6.08 Å². The molecule has 1 aliphatic heterocycles. The van der Waals surface area contributed by atoms with E-state index in [0.717, 1.165) is 23.4 Å². The number of hydrogen-bond acceptors (Lipinski definition) is 3. The molecule has 24 heavy (non-hydrogen) atoms. The molecule has 1 heterocycles. The molecule has 0 radical (unpaired) electrons. The van der Waals surface area contributed by atoms with Crippen LogP contribution in [0.3, 0.4) is 0 Å². The Morgan fingerprint density at radius 3 is 2.46 bits per heavy atom. The summed E-state index contributed by atoms with van der Waals surface area (Å²) < 4.78 is 27.4. The molecule has 0 bridgehead atoms. The molecule has 2 aromatic carbocycles. The molecule has 0 aliphatic carbocycles. The Kier molecular flexibility index (Phi) is 4.73. The van der Waals surface area contributed by atoms with Gasteiger partial charge in [0.2, 0.25) is 10.0 Å². The molecule has 0 N–H and O–H groups in total. The van der Waals surface area contributed by atoms with Gasteiger partial charge in [-0.2, -0.15) is 0 Å². The second-order valence-electron chi connectivity index (χ2n) is 5.87. The van der Waals surface area contributed by atoms with Gasteiger partial charge in [0.1, 0.15) is 4.90 Å². The molecule has 0 unspecified atom stereocenters. The van der Waals surface area contributed by atoms with Crippen molar-refractivity contribution in [1.82, 2.24) is 4.31 Å². The molecule has 0 saturated carbocycles. The van der Waals surface area contributed by atoms with E-state index in [9.17, 15) is 8.42 Å². The quantitative estimate of drug-likeness (QED) is 0.828. The van der Waals surface area contributed by atoms with E-state index in [-0.39, 0.29) is 0 Å². The van der Waals surface area contributed by atoms with Crippen LogP contribution in [-0.4, -0.2) is 32.9 Å². The lowest BCUT2D eigenvalue weighted by molar-refractivity contribution is 0.468. The maximum absolute atomic E-state index is 13.0. The summed E-state index contributed by atoms with van der Waals surface area (Å²) in [6.07, 6.45) is 4.92. The smallest absolute Gasteiger partial charge is 0.244 e. The number of nitrogens with zero attached hydrogens (tertiary/aromatic N) is 2. The third kappa shape index (κ3) is 2.97. The van der Waals surface area contributed by atoms with Crippen molar-refractivity contribution in [2.75, 3.05) is 25.0 Å². The van der Waals surface area contributed by atoms with Crippen LogP contribution in [0.1, 0.15) is 18.9 Å². The van der Waals surface area contributed by atoms with Crippen molar-refractivity contribution >= 4 is 27.5 Å². The third-order valence-corrected chi connectivity index (χ3v) is 6.10. The van der Waals surface area contributed by atoms with Gasteiger partial charge in [-0.15, -0.1) is 0 Å². The number of hydrogen-bond donors (Lipinski definition) is 0. The average Bonchev–Trinajstić information content (AvgIpc) is 2.61. The molecule has 126 valence electrons. The van der Waals surface area contributed by atoms with Crippen molar-refractivity contribution in [2.24, 2.45) is 0 Å². The van der Waals surface area contributed by atoms with Crippen LogP contribution in [0.2, 0.25) is 0 Å². The molecule has 0 amide bonds. The first-order chi connectivity index (χ1) is 11.6. The Morgan fingerprint density at radius 2 is 1.71 bits per heavy atom. The van der Waals surface area contributed by atoms with Gasteiger partial charge in [0.25, 0.3) is 0 Å². The van der Waals surface area contributed by atoms with Gasteiger partial charge in [0.05, 0.1) is 5.69 Å². The minimum atomic E-state index is -3.52. The average molecular weight is 342 g/mol. The summed E-state index contributed by atoms with van der Waals surface area (Å²) in [5.41, 5.74) is 2.84. The van der Waals surface area contributed by atoms with Crippen LogP contribution in [0, 0.1) is 0 Å². The highest BCUT2D eigenvalue weighted by Crippen LogP contribution is 2.36. The molecule has 5 heteroatoms. The summed E-state index contributed by atoms with van der Waals surface area (Å²) in [4.78, 5) is 2.41. The van der Waals surface area contributed by atoms with E-state index in [2.05, 4.69) is 17.1 Å². The zero-order valence-corrected chi connectivity index (χ0v) is 14.8. The molecular formula is C19H22N2O2S. The fraction of sp³-hybridized carbons (Fsp3) is 0.263. The lowest BCUT2D eigenvalue weighted by Gasteiger charge is -2.30. The largest absolute Gasteiger partial charge is 0.336 e. The van der Waals surface area contributed by atoms with E-state index < -0.39 is 10.0 Å². The van der Waals surface area contributed by atoms with Crippen LogP contribution in [0.15, 0.2) is 59.5 Å². The highest BCUT2D eigenvalue weighted by atomic mass is 32.2. The number of fused-ring (bicyclic) bond motifs is 1. The number of benzene rings is 2. The maximum Gasteiger partial charge on any atom is 0.244 e. The highest BCUT2D eigenvalue weighted by Gasteiger charge is 2.26. The van der Waals surface area contributed by atoms with Crippen molar-refractivity contribution in [3.63, 3.8) is 0 Å². The van der Waals surface area contributed by atoms with Gasteiger partial charge in [-0.1, -0.05) is 49.4 Å². The lowest BCUT2D eigenvalue weighted by Crippen LogP contribution is -2.30. The summed E-state index contributed by atoms with van der Waals surface area (Å²) in [7, 11) is -1.88. The third-order valence-electron chi connectivity index (χ3n) is 4.20. The summed E-state index contributed by atoms with van der Waals surface area (Å²) in [5, 5.41) is 0. The van der Waals surface area contributed by atoms with Crippen LogP contribution < -0.4 is 4.90 Å². The summed E-state index contributed by atoms with van der Waals surface area (Å²) >= 11 is 0. The van der Waals surface area contributed by atoms with Gasteiger partial charge in [-0.05, 0) is 30.2 Å². The van der Waals surface area contributed by atoms with Gasteiger partial charge in [0.15, 0.2) is 0 Å². The van der Waals surface area contributed by atoms with E-state index in [1.807, 2.05) is 43.3 Å². The van der Waals surface area contributed by atoms with Crippen molar-refractivity contribution in [3.05, 3.63) is 60.2 Å². The standard InChI is InChI=1S/C19H22N2O2S/c1-3-14-20(2)24(22,23)19-13-7-6-12-18(19)21-15-8-10-16-9-4-5-11-17(16)21/h4-13H,3,14-15H2,1-2H3. The molecule has 0 spiro atoms. The van der Waals surface area contributed by atoms with Gasteiger partial charge >= 0.3 is 0 Å². The van der Waals surface area contributed by atoms with Crippen LogP contribution >= 0.6 is 0 Å². The van der Waals surface area contributed by atoms with E-state index >= 15 is 0 Å². The van der Waals surface area contributed by atoms with Gasteiger partial charge < -0.3 is 4.90 Å². The van der Waals surface area contributed by atoms with E-state index in [1.165, 1.54) is 4.31 Å². The number of anilines is 2. The number of rotatable bonds is 5. The first kappa shape index (κ1) is 16.7. The molecule has 0 saturated heterocycles. The Hall–Kier alpha value is -2.11. The number of para-hydroxylation sites is 2. The molecular weight excluding hydrogens is 320 g/mol. The molecule has 0 fully saturated rings. The lowest BCUT2D eigenvalue weighted by atomic mass is 10.1. The van der Waals surface area contributed by atoms with Crippen molar-refractivity contribution < 1.29 is 8.42 Å². The van der Waals surface area contributed by atoms with Crippen LogP contribution in [0.4, 0.5) is 11.4 Å². The zero-order valence-electron chi connectivity index (χ0n) is 14.0. The van der Waals surface area contributed by atoms with E-state index in [0.29, 0.717) is 18.0 Å². The van der Waals surface area contributed by atoms with Gasteiger partial charge in [0, 0.05) is 25.8 Å². The SMILES string of the molecule is CCCN(C)S(=O)(=O)c1ccccc1N1CC=Cc2ccccc21. The number of sulfonamides is 1. The maximum atomic E-state index is 13.0. The van der Waals surface area contributed by atoms with Crippen molar-refractivity contribution in [3.8, 4) is 0 Å². The molecule has 0 atom stereocenters. The Labute approximate surface area is 144 Å². The molecule has 4 nitrogen and oxygen atoms in total. The fourth-order valence-electron chi connectivity index (χ4n) is 2.99.